The van der Waals surface area contributed by atoms with Gasteiger partial charge in [-0.15, -0.1) is 0 Å². The van der Waals surface area contributed by atoms with Crippen molar-refractivity contribution >= 4 is 11.4 Å². The van der Waals surface area contributed by atoms with Crippen molar-refractivity contribution in [3.05, 3.63) is 24.3 Å². The fourth-order valence-electron chi connectivity index (χ4n) is 0.752. The number of hydrogen-bond donors (Lipinski definition) is 0. The molecule has 1 aliphatic heterocycles. The van der Waals surface area contributed by atoms with Crippen LogP contribution >= 0.6 is 0 Å². The van der Waals surface area contributed by atoms with E-state index in [4.69, 9.17) is 0 Å². The maximum atomic E-state index is 3.76. The molecule has 0 saturated carbocycles. The summed E-state index contributed by atoms with van der Waals surface area (Å²) in [7, 11) is 0. The van der Waals surface area contributed by atoms with Crippen molar-refractivity contribution in [3.63, 3.8) is 0 Å². The van der Waals surface area contributed by atoms with Gasteiger partial charge in [-0.25, -0.2) is 0 Å². The van der Waals surface area contributed by atoms with E-state index in [-0.39, 0.29) is 0 Å². The predicted octanol–water partition coefficient (Wildman–Crippen LogP) is 1.93. The Hall–Kier alpha value is -1.47. The zero-order chi connectivity index (χ0) is 6.10. The number of nitrogens with zero attached hydrogens (tertiary/aromatic N) is 3. The van der Waals surface area contributed by atoms with Gasteiger partial charge in [0.05, 0.1) is 0 Å². The third-order valence-electron chi connectivity index (χ3n) is 1.19. The second kappa shape index (κ2) is 1.50. The fourth-order valence-corrected chi connectivity index (χ4v) is 0.752. The summed E-state index contributed by atoms with van der Waals surface area (Å²) in [5, 5.41) is 7.52. The molecule has 1 aromatic rings. The lowest BCUT2D eigenvalue weighted by molar-refractivity contribution is 1.14. The minimum absolute atomic E-state index is 0.859. The molecule has 42 valence electrons. The van der Waals surface area contributed by atoms with Crippen LogP contribution in [-0.2, 0) is 0 Å². The molecule has 0 aromatic heterocycles. The summed E-state index contributed by atoms with van der Waals surface area (Å²) >= 11 is 0. The minimum Gasteiger partial charge on any atom is -0.0597 e. The number of hydrogen-bond acceptors (Lipinski definition) is 2. The quantitative estimate of drug-likeness (QED) is 0.474. The van der Waals surface area contributed by atoms with Crippen LogP contribution < -0.4 is 4.91 Å². The lowest BCUT2D eigenvalue weighted by atomic mass is 10.3. The maximum absolute atomic E-state index is 3.76. The van der Waals surface area contributed by atoms with Crippen molar-refractivity contribution in [3.8, 4) is 0 Å². The number of fused-ring (bicyclic) bond motifs is 1. The maximum Gasteiger partial charge on any atom is 0.229 e. The largest absolute Gasteiger partial charge is 0.229 e. The smallest absolute Gasteiger partial charge is 0.0597 e. The molecule has 0 amide bonds. The second-order valence-electron chi connectivity index (χ2n) is 1.78. The summed E-state index contributed by atoms with van der Waals surface area (Å²) in [6.45, 7) is 0. The average molecular weight is 118 g/mol. The highest BCUT2D eigenvalue weighted by atomic mass is 15.3. The first-order valence-corrected chi connectivity index (χ1v) is 2.67. The molecule has 0 atom stereocenters. The van der Waals surface area contributed by atoms with Crippen LogP contribution in [0, 0.1) is 0 Å². The zero-order valence-electron chi connectivity index (χ0n) is 4.65. The Morgan fingerprint density at radius 2 is 1.56 bits per heavy atom. The van der Waals surface area contributed by atoms with Crippen molar-refractivity contribution in [1.82, 2.24) is 4.91 Å². The van der Waals surface area contributed by atoms with Crippen molar-refractivity contribution in [2.45, 2.75) is 0 Å². The first kappa shape index (κ1) is 4.41. The molecule has 0 unspecified atom stereocenters. The molecule has 1 aliphatic rings. The van der Waals surface area contributed by atoms with Crippen molar-refractivity contribution in [2.24, 2.45) is 10.2 Å². The molecular weight excluding hydrogens is 114 g/mol. The number of benzene rings is 1. The molecule has 9 heavy (non-hydrogen) atoms. The zero-order valence-corrected chi connectivity index (χ0v) is 4.65. The molecule has 0 radical (unpaired) electrons. The van der Waals surface area contributed by atoms with E-state index >= 15 is 0 Å². The van der Waals surface area contributed by atoms with Crippen LogP contribution in [0.1, 0.15) is 0 Å². The van der Waals surface area contributed by atoms with Crippen LogP contribution in [0.2, 0.25) is 0 Å². The summed E-state index contributed by atoms with van der Waals surface area (Å²) in [5.74, 6) is 0. The summed E-state index contributed by atoms with van der Waals surface area (Å²) in [4.78, 5) is 3.50. The van der Waals surface area contributed by atoms with E-state index in [0.717, 1.165) is 11.4 Å². The molecule has 3 heteroatoms. The molecule has 0 saturated heterocycles. The van der Waals surface area contributed by atoms with Gasteiger partial charge in [-0.2, -0.15) is 0 Å². The van der Waals surface area contributed by atoms with Crippen molar-refractivity contribution in [1.29, 1.82) is 0 Å². The lowest BCUT2D eigenvalue weighted by Gasteiger charge is -1.79. The van der Waals surface area contributed by atoms with E-state index in [1.165, 1.54) is 0 Å². The topological polar surface area (TPSA) is 38.8 Å². The number of rotatable bonds is 0. The normalized spacial score (nSPS) is 12.0. The van der Waals surface area contributed by atoms with Gasteiger partial charge in [0.15, 0.2) is 21.6 Å². The molecule has 0 spiro atoms. The molecule has 3 nitrogen and oxygen atoms in total. The molecule has 2 rings (SSSR count). The highest BCUT2D eigenvalue weighted by Crippen LogP contribution is 2.28. The molecule has 0 aliphatic carbocycles. The van der Waals surface area contributed by atoms with Gasteiger partial charge >= 0.3 is 0 Å². The van der Waals surface area contributed by atoms with Crippen LogP contribution in [0.4, 0.5) is 11.4 Å². The van der Waals surface area contributed by atoms with Crippen LogP contribution in [0.5, 0.6) is 0 Å². The van der Waals surface area contributed by atoms with E-state index in [1.54, 1.807) is 0 Å². The average Bonchev–Trinajstić information content (AvgIpc) is 2.33. The fraction of sp³-hybridized carbons (Fsp3) is 0. The third kappa shape index (κ3) is 0.556. The molecule has 0 fully saturated rings. The van der Waals surface area contributed by atoms with Crippen molar-refractivity contribution in [2.75, 3.05) is 0 Å². The van der Waals surface area contributed by atoms with Gasteiger partial charge in [0, 0.05) is 0 Å². The van der Waals surface area contributed by atoms with Crippen LogP contribution in [-0.4, -0.2) is 0 Å². The summed E-state index contributed by atoms with van der Waals surface area (Å²) in [6, 6.07) is 7.60. The minimum atomic E-state index is 0.859. The van der Waals surface area contributed by atoms with E-state index in [2.05, 4.69) is 15.1 Å². The van der Waals surface area contributed by atoms with Gasteiger partial charge in [0.2, 0.25) is 4.91 Å². The van der Waals surface area contributed by atoms with Crippen LogP contribution in [0.15, 0.2) is 34.5 Å². The standard InChI is InChI=1S/C6H4N3/c1-2-4-6-5(3-1)7-9-8-6/h1-4H/q+1. The predicted molar refractivity (Wildman–Crippen MR) is 32.8 cm³/mol. The Morgan fingerprint density at radius 1 is 1.00 bits per heavy atom. The third-order valence-corrected chi connectivity index (χ3v) is 1.19. The first-order chi connectivity index (χ1) is 4.47. The van der Waals surface area contributed by atoms with Gasteiger partial charge < -0.3 is 0 Å². The van der Waals surface area contributed by atoms with Gasteiger partial charge in [0.25, 0.3) is 0 Å². The molecule has 0 bridgehead atoms. The Kier molecular flexibility index (Phi) is 0.737. The van der Waals surface area contributed by atoms with E-state index in [9.17, 15) is 0 Å². The monoisotopic (exact) mass is 118 g/mol. The van der Waals surface area contributed by atoms with E-state index in [1.807, 2.05) is 24.3 Å². The van der Waals surface area contributed by atoms with Gasteiger partial charge in [-0.3, -0.25) is 0 Å². The summed E-state index contributed by atoms with van der Waals surface area (Å²) in [5.41, 5.74) is 1.72. The van der Waals surface area contributed by atoms with E-state index < -0.39 is 0 Å². The summed E-state index contributed by atoms with van der Waals surface area (Å²) in [6.07, 6.45) is 0. The van der Waals surface area contributed by atoms with Gasteiger partial charge in [-0.1, -0.05) is 12.1 Å². The van der Waals surface area contributed by atoms with Crippen molar-refractivity contribution < 1.29 is 0 Å². The lowest BCUT2D eigenvalue weighted by Crippen LogP contribution is -1.58. The van der Waals surface area contributed by atoms with Gasteiger partial charge in [-0.05, 0) is 12.1 Å². The van der Waals surface area contributed by atoms with Crippen LogP contribution in [0.25, 0.3) is 0 Å². The Balaban J connectivity index is 2.72. The SMILES string of the molecule is c1ccc2c(c1)N=[N+]=N2. The summed E-state index contributed by atoms with van der Waals surface area (Å²) < 4.78 is 0. The van der Waals surface area contributed by atoms with Crippen LogP contribution in [0.3, 0.4) is 0 Å². The molecule has 1 heterocycles. The Morgan fingerprint density at radius 3 is 2.11 bits per heavy atom. The molecule has 1 aromatic carbocycles. The van der Waals surface area contributed by atoms with E-state index in [0.29, 0.717) is 0 Å². The molecular formula is C6H4N3+. The second-order valence-corrected chi connectivity index (χ2v) is 1.78. The highest BCUT2D eigenvalue weighted by molar-refractivity contribution is 5.61. The Bertz CT molecular complexity index is 270. The Labute approximate surface area is 51.8 Å². The molecule has 0 N–H and O–H groups in total. The van der Waals surface area contributed by atoms with Gasteiger partial charge in [0.1, 0.15) is 0 Å². The highest BCUT2D eigenvalue weighted by Gasteiger charge is 2.12. The first-order valence-electron chi connectivity index (χ1n) is 2.67.